The first kappa shape index (κ1) is 12.1. The fourth-order valence-electron chi connectivity index (χ4n) is 3.25. The molecule has 5 nitrogen and oxygen atoms in total. The van der Waals surface area contributed by atoms with Crippen LogP contribution in [0.4, 0.5) is 0 Å². The Balaban J connectivity index is 1.57. The second kappa shape index (κ2) is 4.71. The summed E-state index contributed by atoms with van der Waals surface area (Å²) in [4.78, 5) is 14.6. The zero-order valence-corrected chi connectivity index (χ0v) is 11.8. The van der Waals surface area contributed by atoms with Crippen LogP contribution in [0.1, 0.15) is 16.9 Å². The molecule has 2 saturated heterocycles. The fourth-order valence-corrected chi connectivity index (χ4v) is 3.90. The highest BCUT2D eigenvalue weighted by Gasteiger charge is 2.40. The van der Waals surface area contributed by atoms with Gasteiger partial charge in [0, 0.05) is 36.6 Å². The van der Waals surface area contributed by atoms with Crippen LogP contribution in [0.3, 0.4) is 0 Å². The van der Waals surface area contributed by atoms with E-state index in [1.54, 1.807) is 11.3 Å². The van der Waals surface area contributed by atoms with Crippen LogP contribution in [-0.2, 0) is 0 Å². The molecule has 2 atom stereocenters. The molecule has 0 bridgehead atoms. The smallest absolute Gasteiger partial charge is 0.272 e. The van der Waals surface area contributed by atoms with Crippen LogP contribution in [0.5, 0.6) is 0 Å². The van der Waals surface area contributed by atoms with E-state index < -0.39 is 0 Å². The molecule has 4 rings (SSSR count). The monoisotopic (exact) mass is 288 g/mol. The minimum atomic E-state index is 0.0789. The van der Waals surface area contributed by atoms with Gasteiger partial charge in [0.1, 0.15) is 5.69 Å². The highest BCUT2D eigenvalue weighted by atomic mass is 32.1. The topological polar surface area (TPSA) is 61.0 Å². The lowest BCUT2D eigenvalue weighted by atomic mass is 10.1. The number of aromatic amines is 1. The van der Waals surface area contributed by atoms with Crippen LogP contribution in [0.25, 0.3) is 11.3 Å². The van der Waals surface area contributed by atoms with Gasteiger partial charge in [-0.1, -0.05) is 0 Å². The molecular formula is C14H16N4OS. The summed E-state index contributed by atoms with van der Waals surface area (Å²) in [7, 11) is 0. The number of hydrogen-bond donors (Lipinski definition) is 2. The van der Waals surface area contributed by atoms with Gasteiger partial charge in [0.2, 0.25) is 0 Å². The van der Waals surface area contributed by atoms with Crippen molar-refractivity contribution in [3.8, 4) is 11.3 Å². The van der Waals surface area contributed by atoms with Gasteiger partial charge in [-0.15, -0.1) is 0 Å². The largest absolute Gasteiger partial charge is 0.333 e. The second-order valence-corrected chi connectivity index (χ2v) is 6.23. The number of fused-ring (bicyclic) bond motifs is 1. The summed E-state index contributed by atoms with van der Waals surface area (Å²) in [5.74, 6) is 0.702. The molecule has 0 saturated carbocycles. The van der Waals surface area contributed by atoms with Gasteiger partial charge in [-0.3, -0.25) is 9.89 Å². The first-order chi connectivity index (χ1) is 9.83. The molecule has 2 aromatic rings. The number of carbonyl (C=O) groups is 1. The fraction of sp³-hybridized carbons (Fsp3) is 0.429. The molecule has 0 unspecified atom stereocenters. The average molecular weight is 288 g/mol. The third kappa shape index (κ3) is 1.87. The van der Waals surface area contributed by atoms with Crippen molar-refractivity contribution in [1.82, 2.24) is 20.4 Å². The van der Waals surface area contributed by atoms with Gasteiger partial charge in [-0.25, -0.2) is 0 Å². The van der Waals surface area contributed by atoms with Crippen molar-refractivity contribution in [1.29, 1.82) is 0 Å². The number of hydrogen-bond acceptors (Lipinski definition) is 4. The molecule has 0 aromatic carbocycles. The van der Waals surface area contributed by atoms with E-state index in [9.17, 15) is 4.79 Å². The Hall–Kier alpha value is -1.66. The van der Waals surface area contributed by atoms with Crippen LogP contribution in [-0.4, -0.2) is 46.7 Å². The van der Waals surface area contributed by atoms with Gasteiger partial charge in [0.25, 0.3) is 5.91 Å². The maximum absolute atomic E-state index is 12.6. The number of aromatic nitrogens is 2. The van der Waals surface area contributed by atoms with Crippen molar-refractivity contribution in [2.24, 2.45) is 5.92 Å². The number of rotatable bonds is 2. The first-order valence-electron chi connectivity index (χ1n) is 6.92. The minimum absolute atomic E-state index is 0.0789. The zero-order chi connectivity index (χ0) is 13.5. The van der Waals surface area contributed by atoms with E-state index in [0.29, 0.717) is 17.7 Å². The molecular weight excluding hydrogens is 272 g/mol. The van der Waals surface area contributed by atoms with Crippen LogP contribution in [0.2, 0.25) is 0 Å². The summed E-state index contributed by atoms with van der Waals surface area (Å²) in [6.45, 7) is 2.82. The van der Waals surface area contributed by atoms with Crippen molar-refractivity contribution < 1.29 is 4.79 Å². The molecule has 2 fully saturated rings. The number of carbonyl (C=O) groups excluding carboxylic acids is 1. The number of nitrogens with zero attached hydrogens (tertiary/aromatic N) is 2. The molecule has 0 spiro atoms. The first-order valence-corrected chi connectivity index (χ1v) is 7.87. The number of H-pyrrole nitrogens is 1. The van der Waals surface area contributed by atoms with Crippen molar-refractivity contribution in [3.05, 3.63) is 28.6 Å². The number of likely N-dealkylation sites (tertiary alicyclic amines) is 1. The van der Waals surface area contributed by atoms with Gasteiger partial charge >= 0.3 is 0 Å². The maximum atomic E-state index is 12.6. The lowest BCUT2D eigenvalue weighted by Gasteiger charge is -2.22. The molecule has 0 radical (unpaired) electrons. The van der Waals surface area contributed by atoms with E-state index in [1.807, 2.05) is 27.8 Å². The van der Waals surface area contributed by atoms with Gasteiger partial charge in [-0.05, 0) is 29.9 Å². The molecule has 1 amide bonds. The molecule has 6 heteroatoms. The summed E-state index contributed by atoms with van der Waals surface area (Å²) in [6.07, 6.45) is 1.11. The molecule has 2 aliphatic rings. The molecule has 2 N–H and O–H groups in total. The zero-order valence-electron chi connectivity index (χ0n) is 11.0. The molecule has 2 aliphatic heterocycles. The predicted molar refractivity (Wildman–Crippen MR) is 77.7 cm³/mol. The van der Waals surface area contributed by atoms with E-state index in [0.717, 1.165) is 37.3 Å². The summed E-state index contributed by atoms with van der Waals surface area (Å²) >= 11 is 1.63. The third-order valence-corrected chi connectivity index (χ3v) is 5.01. The van der Waals surface area contributed by atoms with Crippen molar-refractivity contribution in [2.75, 3.05) is 19.6 Å². The third-order valence-electron chi connectivity index (χ3n) is 4.33. The average Bonchev–Trinajstić information content (AvgIpc) is 3.20. The van der Waals surface area contributed by atoms with Crippen LogP contribution in [0.15, 0.2) is 22.9 Å². The summed E-state index contributed by atoms with van der Waals surface area (Å²) < 4.78 is 0. The van der Waals surface area contributed by atoms with Gasteiger partial charge in [-0.2, -0.15) is 16.4 Å². The van der Waals surface area contributed by atoms with Gasteiger partial charge in [0.15, 0.2) is 0 Å². The molecule has 20 heavy (non-hydrogen) atoms. The second-order valence-electron chi connectivity index (χ2n) is 5.45. The van der Waals surface area contributed by atoms with E-state index >= 15 is 0 Å². The number of amides is 1. The van der Waals surface area contributed by atoms with E-state index in [-0.39, 0.29) is 5.91 Å². The number of thiophene rings is 1. The lowest BCUT2D eigenvalue weighted by Crippen LogP contribution is -2.39. The SMILES string of the molecule is O=C(c1cc(-c2ccsc2)n[nH]1)N1CC[C@H]2CNC[C@H]21. The van der Waals surface area contributed by atoms with E-state index in [2.05, 4.69) is 15.5 Å². The summed E-state index contributed by atoms with van der Waals surface area (Å²) in [5.41, 5.74) is 2.50. The van der Waals surface area contributed by atoms with Crippen molar-refractivity contribution in [2.45, 2.75) is 12.5 Å². The Morgan fingerprint density at radius 2 is 2.40 bits per heavy atom. The normalized spacial score (nSPS) is 25.1. The lowest BCUT2D eigenvalue weighted by molar-refractivity contribution is 0.0731. The van der Waals surface area contributed by atoms with Crippen molar-refractivity contribution in [3.63, 3.8) is 0 Å². The quantitative estimate of drug-likeness (QED) is 0.882. The standard InChI is InChI=1S/C14H16N4OS/c19-14(18-3-1-9-6-15-7-13(9)18)12-5-11(16-17-12)10-2-4-20-8-10/h2,4-5,8-9,13,15H,1,3,6-7H2,(H,16,17)/t9-,13+/m0/s1. The van der Waals surface area contributed by atoms with Crippen LogP contribution >= 0.6 is 11.3 Å². The Kier molecular flexibility index (Phi) is 2.85. The summed E-state index contributed by atoms with van der Waals surface area (Å²) in [6, 6.07) is 4.23. The van der Waals surface area contributed by atoms with Crippen LogP contribution < -0.4 is 5.32 Å². The summed E-state index contributed by atoms with van der Waals surface area (Å²) in [5, 5.41) is 14.6. The minimum Gasteiger partial charge on any atom is -0.333 e. The predicted octanol–water partition coefficient (Wildman–Crippen LogP) is 1.57. The number of nitrogens with one attached hydrogen (secondary N) is 2. The Morgan fingerprint density at radius 3 is 3.25 bits per heavy atom. The highest BCUT2D eigenvalue weighted by molar-refractivity contribution is 7.08. The maximum Gasteiger partial charge on any atom is 0.272 e. The molecule has 104 valence electrons. The molecule has 0 aliphatic carbocycles. The van der Waals surface area contributed by atoms with Crippen LogP contribution in [0, 0.1) is 5.92 Å². The van der Waals surface area contributed by atoms with Gasteiger partial charge in [0.05, 0.1) is 5.69 Å². The molecule has 2 aromatic heterocycles. The Labute approximate surface area is 121 Å². The Morgan fingerprint density at radius 1 is 1.45 bits per heavy atom. The van der Waals surface area contributed by atoms with Gasteiger partial charge < -0.3 is 10.2 Å². The van der Waals surface area contributed by atoms with E-state index in [1.165, 1.54) is 0 Å². The molecule has 4 heterocycles. The highest BCUT2D eigenvalue weighted by Crippen LogP contribution is 2.29. The van der Waals surface area contributed by atoms with Crippen molar-refractivity contribution >= 4 is 17.2 Å². The Bertz CT molecular complexity index is 621. The van der Waals surface area contributed by atoms with E-state index in [4.69, 9.17) is 0 Å².